The molecule has 2 amide bonds. The highest BCUT2D eigenvalue weighted by Gasteiger charge is 2.05. The summed E-state index contributed by atoms with van der Waals surface area (Å²) >= 11 is 0. The molecule has 0 aliphatic rings. The molecule has 0 radical (unpaired) electrons. The maximum atomic E-state index is 11.6. The minimum Gasteiger partial charge on any atom is -0.308 e. The fraction of sp³-hybridized carbons (Fsp3) is 0.0909. The van der Waals surface area contributed by atoms with E-state index in [0.717, 1.165) is 0 Å². The van der Waals surface area contributed by atoms with Crippen molar-refractivity contribution in [3.05, 3.63) is 36.2 Å². The van der Waals surface area contributed by atoms with Gasteiger partial charge in [0.05, 0.1) is 0 Å². The lowest BCUT2D eigenvalue weighted by Crippen LogP contribution is -2.20. The summed E-state index contributed by atoms with van der Waals surface area (Å²) in [5.74, 6) is 0.185. The van der Waals surface area contributed by atoms with Crippen LogP contribution in [0.1, 0.15) is 17.3 Å². The van der Waals surface area contributed by atoms with E-state index in [1.54, 1.807) is 24.3 Å². The zero-order chi connectivity index (χ0) is 13.0. The van der Waals surface area contributed by atoms with Gasteiger partial charge in [-0.1, -0.05) is 12.1 Å². The van der Waals surface area contributed by atoms with E-state index in [9.17, 15) is 9.59 Å². The number of benzene rings is 1. The highest BCUT2D eigenvalue weighted by molar-refractivity contribution is 6.00. The Morgan fingerprint density at radius 3 is 2.78 bits per heavy atom. The molecule has 1 aromatic heterocycles. The van der Waals surface area contributed by atoms with Crippen LogP contribution >= 0.6 is 0 Å². The maximum absolute atomic E-state index is 11.6. The number of carbonyl (C=O) groups excluding carboxylic acids is 2. The first-order valence-corrected chi connectivity index (χ1v) is 5.19. The third-order valence-electron chi connectivity index (χ3n) is 2.17. The number of urea groups is 1. The number of aromatic amines is 1. The number of aromatic nitrogens is 3. The average molecular weight is 245 g/mol. The normalized spacial score (nSPS) is 9.83. The molecule has 0 saturated carbocycles. The number of Topliss-reactive ketones (excluding diaryl/α,β-unsaturated/α-hetero) is 1. The van der Waals surface area contributed by atoms with Crippen molar-refractivity contribution < 1.29 is 9.59 Å². The van der Waals surface area contributed by atoms with Crippen molar-refractivity contribution in [3.8, 4) is 0 Å². The summed E-state index contributed by atoms with van der Waals surface area (Å²) in [6, 6.07) is 6.20. The third-order valence-corrected chi connectivity index (χ3v) is 2.17. The molecule has 2 rings (SSSR count). The van der Waals surface area contributed by atoms with Crippen molar-refractivity contribution in [3.63, 3.8) is 0 Å². The smallest absolute Gasteiger partial charge is 0.308 e. The Morgan fingerprint density at radius 2 is 2.11 bits per heavy atom. The predicted molar refractivity (Wildman–Crippen MR) is 65.5 cm³/mol. The fourth-order valence-electron chi connectivity index (χ4n) is 1.35. The number of hydrogen-bond donors (Lipinski definition) is 3. The van der Waals surface area contributed by atoms with Gasteiger partial charge < -0.3 is 5.32 Å². The van der Waals surface area contributed by atoms with E-state index in [4.69, 9.17) is 0 Å². The zero-order valence-electron chi connectivity index (χ0n) is 9.60. The van der Waals surface area contributed by atoms with Crippen LogP contribution in [-0.4, -0.2) is 27.0 Å². The number of hydrogen-bond acceptors (Lipinski definition) is 4. The second-order valence-electron chi connectivity index (χ2n) is 3.55. The van der Waals surface area contributed by atoms with E-state index >= 15 is 0 Å². The van der Waals surface area contributed by atoms with Crippen LogP contribution < -0.4 is 10.6 Å². The molecular formula is C11H11N5O2. The molecule has 1 heterocycles. The van der Waals surface area contributed by atoms with Gasteiger partial charge in [0.15, 0.2) is 5.78 Å². The van der Waals surface area contributed by atoms with Crippen molar-refractivity contribution >= 4 is 23.5 Å². The van der Waals surface area contributed by atoms with Crippen molar-refractivity contribution in [2.24, 2.45) is 0 Å². The van der Waals surface area contributed by atoms with Gasteiger partial charge in [-0.15, -0.1) is 0 Å². The SMILES string of the molecule is CC(=O)c1cccc(NC(=O)Nc2ncn[nH]2)c1. The van der Waals surface area contributed by atoms with Crippen molar-refractivity contribution in [1.82, 2.24) is 15.2 Å². The van der Waals surface area contributed by atoms with E-state index in [0.29, 0.717) is 11.3 Å². The van der Waals surface area contributed by atoms with E-state index < -0.39 is 6.03 Å². The van der Waals surface area contributed by atoms with Crippen LogP contribution in [0.4, 0.5) is 16.4 Å². The minimum absolute atomic E-state index is 0.0608. The van der Waals surface area contributed by atoms with Gasteiger partial charge in [-0.3, -0.25) is 10.1 Å². The van der Waals surface area contributed by atoms with Gasteiger partial charge in [-0.2, -0.15) is 10.1 Å². The summed E-state index contributed by atoms with van der Waals surface area (Å²) in [5.41, 5.74) is 1.06. The van der Waals surface area contributed by atoms with Gasteiger partial charge in [-0.05, 0) is 19.1 Å². The highest BCUT2D eigenvalue weighted by atomic mass is 16.2. The first-order chi connectivity index (χ1) is 8.65. The summed E-state index contributed by atoms with van der Waals surface area (Å²) in [4.78, 5) is 26.5. The van der Waals surface area contributed by atoms with Crippen molar-refractivity contribution in [2.45, 2.75) is 6.92 Å². The first-order valence-electron chi connectivity index (χ1n) is 5.19. The van der Waals surface area contributed by atoms with Crippen LogP contribution in [0.2, 0.25) is 0 Å². The second kappa shape index (κ2) is 5.09. The van der Waals surface area contributed by atoms with Crippen LogP contribution in [0, 0.1) is 0 Å². The van der Waals surface area contributed by atoms with E-state index in [-0.39, 0.29) is 11.7 Å². The van der Waals surface area contributed by atoms with Gasteiger partial charge in [0.25, 0.3) is 0 Å². The molecule has 0 aliphatic heterocycles. The number of anilines is 2. The Kier molecular flexibility index (Phi) is 3.33. The molecule has 0 atom stereocenters. The van der Waals surface area contributed by atoms with Gasteiger partial charge in [-0.25, -0.2) is 9.89 Å². The number of H-pyrrole nitrogens is 1. The maximum Gasteiger partial charge on any atom is 0.326 e. The zero-order valence-corrected chi connectivity index (χ0v) is 9.60. The number of rotatable bonds is 3. The van der Waals surface area contributed by atoms with E-state index in [2.05, 4.69) is 25.8 Å². The molecule has 0 fully saturated rings. The number of carbonyl (C=O) groups is 2. The van der Waals surface area contributed by atoms with Crippen LogP contribution in [0.15, 0.2) is 30.6 Å². The summed E-state index contributed by atoms with van der Waals surface area (Å²) < 4.78 is 0. The summed E-state index contributed by atoms with van der Waals surface area (Å²) in [6.07, 6.45) is 1.28. The third kappa shape index (κ3) is 2.91. The number of amides is 2. The van der Waals surface area contributed by atoms with E-state index in [1.807, 2.05) is 0 Å². The Bertz CT molecular complexity index is 565. The molecule has 3 N–H and O–H groups in total. The van der Waals surface area contributed by atoms with Crippen LogP contribution in [0.5, 0.6) is 0 Å². The predicted octanol–water partition coefficient (Wildman–Crippen LogP) is 1.65. The molecule has 7 heteroatoms. The number of nitrogens with one attached hydrogen (secondary N) is 3. The summed E-state index contributed by atoms with van der Waals surface area (Å²) in [5, 5.41) is 11.1. The number of ketones is 1. The first kappa shape index (κ1) is 11.8. The molecule has 1 aromatic carbocycles. The van der Waals surface area contributed by atoms with E-state index in [1.165, 1.54) is 13.3 Å². The molecule has 0 bridgehead atoms. The molecule has 0 saturated heterocycles. The molecule has 0 aliphatic carbocycles. The van der Waals surface area contributed by atoms with Gasteiger partial charge >= 0.3 is 6.03 Å². The average Bonchev–Trinajstić information content (AvgIpc) is 2.82. The van der Waals surface area contributed by atoms with Crippen LogP contribution in [-0.2, 0) is 0 Å². The largest absolute Gasteiger partial charge is 0.326 e. The van der Waals surface area contributed by atoms with Gasteiger partial charge in [0, 0.05) is 11.3 Å². The highest BCUT2D eigenvalue weighted by Crippen LogP contribution is 2.11. The van der Waals surface area contributed by atoms with Crippen LogP contribution in [0.25, 0.3) is 0 Å². The summed E-state index contributed by atoms with van der Waals surface area (Å²) in [6.45, 7) is 1.47. The fourth-order valence-corrected chi connectivity index (χ4v) is 1.35. The summed E-state index contributed by atoms with van der Waals surface area (Å²) in [7, 11) is 0. The topological polar surface area (TPSA) is 99.8 Å². The Labute approximate surface area is 103 Å². The lowest BCUT2D eigenvalue weighted by Gasteiger charge is -2.06. The standard InChI is InChI=1S/C11H11N5O2/c1-7(17)8-3-2-4-9(5-8)14-11(18)15-10-12-6-13-16-10/h2-6H,1H3,(H3,12,13,14,15,16,18). The Morgan fingerprint density at radius 1 is 1.28 bits per heavy atom. The lowest BCUT2D eigenvalue weighted by molar-refractivity contribution is 0.101. The minimum atomic E-state index is -0.465. The Hall–Kier alpha value is -2.70. The monoisotopic (exact) mass is 245 g/mol. The molecule has 92 valence electrons. The molecule has 18 heavy (non-hydrogen) atoms. The second-order valence-corrected chi connectivity index (χ2v) is 3.55. The van der Waals surface area contributed by atoms with Crippen LogP contribution in [0.3, 0.4) is 0 Å². The van der Waals surface area contributed by atoms with Crippen molar-refractivity contribution in [2.75, 3.05) is 10.6 Å². The lowest BCUT2D eigenvalue weighted by atomic mass is 10.1. The van der Waals surface area contributed by atoms with Gasteiger partial charge in [0.1, 0.15) is 6.33 Å². The molecule has 0 unspecified atom stereocenters. The Balaban J connectivity index is 2.03. The molecule has 2 aromatic rings. The molecule has 0 spiro atoms. The number of nitrogens with zero attached hydrogens (tertiary/aromatic N) is 2. The van der Waals surface area contributed by atoms with Crippen molar-refractivity contribution in [1.29, 1.82) is 0 Å². The molecular weight excluding hydrogens is 234 g/mol. The van der Waals surface area contributed by atoms with Gasteiger partial charge in [0.2, 0.25) is 5.95 Å². The quantitative estimate of drug-likeness (QED) is 0.716. The molecule has 7 nitrogen and oxygen atoms in total.